The minimum absolute atomic E-state index is 0.0506. The minimum atomic E-state index is -0.273. The molecule has 0 atom stereocenters. The number of nitrogens with zero attached hydrogens (tertiary/aromatic N) is 6. The van der Waals surface area contributed by atoms with E-state index in [9.17, 15) is 10.1 Å². The second kappa shape index (κ2) is 9.44. The number of para-hydroxylation sites is 2. The van der Waals surface area contributed by atoms with Gasteiger partial charge in [-0.3, -0.25) is 20.3 Å². The zero-order chi connectivity index (χ0) is 23.4. The first-order valence-electron chi connectivity index (χ1n) is 10.7. The lowest BCUT2D eigenvalue weighted by Gasteiger charge is -2.36. The molecule has 0 unspecified atom stereocenters. The zero-order valence-corrected chi connectivity index (χ0v) is 18.7. The maximum atomic E-state index is 13.0. The summed E-state index contributed by atoms with van der Waals surface area (Å²) < 4.78 is 3.27. The third kappa shape index (κ3) is 4.36. The molecule has 9 nitrogen and oxygen atoms in total. The van der Waals surface area contributed by atoms with Crippen molar-refractivity contribution in [3.05, 3.63) is 76.7 Å². The van der Waals surface area contributed by atoms with E-state index >= 15 is 0 Å². The molecule has 0 radical (unpaired) electrons. The van der Waals surface area contributed by atoms with Crippen LogP contribution in [0.2, 0.25) is 0 Å². The van der Waals surface area contributed by atoms with Crippen LogP contribution in [0, 0.1) is 23.7 Å². The second-order valence-electron chi connectivity index (χ2n) is 7.78. The molecule has 2 heterocycles. The summed E-state index contributed by atoms with van der Waals surface area (Å²) in [5.74, 6) is 0.0506. The molecule has 0 spiro atoms. The van der Waals surface area contributed by atoms with Gasteiger partial charge in [-0.15, -0.1) is 0 Å². The van der Waals surface area contributed by atoms with E-state index in [1.54, 1.807) is 18.7 Å². The number of anilines is 2. The fourth-order valence-corrected chi connectivity index (χ4v) is 3.92. The van der Waals surface area contributed by atoms with Gasteiger partial charge in [0.05, 0.1) is 11.4 Å². The maximum absolute atomic E-state index is 13.0. The van der Waals surface area contributed by atoms with Crippen LogP contribution in [-0.4, -0.2) is 52.0 Å². The van der Waals surface area contributed by atoms with Crippen molar-refractivity contribution < 1.29 is 0 Å². The molecule has 9 heteroatoms. The fraction of sp³-hybridized carbons (Fsp3) is 0.250. The first kappa shape index (κ1) is 21.9. The Kier molecular flexibility index (Phi) is 6.26. The molecule has 2 N–H and O–H groups in total. The van der Waals surface area contributed by atoms with Crippen LogP contribution in [0.15, 0.2) is 70.6 Å². The van der Waals surface area contributed by atoms with Crippen molar-refractivity contribution in [1.29, 1.82) is 10.7 Å². The second-order valence-corrected chi connectivity index (χ2v) is 7.78. The lowest BCUT2D eigenvalue weighted by atomic mass is 10.2. The fourth-order valence-electron chi connectivity index (χ4n) is 3.92. The predicted octanol–water partition coefficient (Wildman–Crippen LogP) is 2.58. The number of aromatic nitrogens is 2. The first-order chi connectivity index (χ1) is 16.0. The van der Waals surface area contributed by atoms with Crippen LogP contribution in [0.4, 0.5) is 11.4 Å². The Morgan fingerprint density at radius 1 is 1.00 bits per heavy atom. The normalized spacial score (nSPS) is 14.2. The number of nitrogens with one attached hydrogen (secondary N) is 2. The van der Waals surface area contributed by atoms with E-state index in [0.29, 0.717) is 18.8 Å². The lowest BCUT2D eigenvalue weighted by Crippen LogP contribution is -2.50. The summed E-state index contributed by atoms with van der Waals surface area (Å²) in [4.78, 5) is 17.1. The number of benzene rings is 2. The van der Waals surface area contributed by atoms with Crippen LogP contribution in [0.25, 0.3) is 5.69 Å². The Morgan fingerprint density at radius 3 is 2.15 bits per heavy atom. The van der Waals surface area contributed by atoms with Gasteiger partial charge in [-0.2, -0.15) is 10.4 Å². The highest BCUT2D eigenvalue weighted by molar-refractivity contribution is 6.46. The van der Waals surface area contributed by atoms with E-state index in [2.05, 4.69) is 27.6 Å². The van der Waals surface area contributed by atoms with Gasteiger partial charge >= 0.3 is 0 Å². The highest BCUT2D eigenvalue weighted by atomic mass is 16.1. The molecule has 0 saturated carbocycles. The Labute approximate surface area is 192 Å². The van der Waals surface area contributed by atoms with E-state index in [0.717, 1.165) is 24.5 Å². The molecule has 33 heavy (non-hydrogen) atoms. The van der Waals surface area contributed by atoms with E-state index in [-0.39, 0.29) is 22.8 Å². The molecule has 0 aliphatic carbocycles. The quantitative estimate of drug-likeness (QED) is 0.359. The van der Waals surface area contributed by atoms with Gasteiger partial charge in [-0.05, 0) is 31.2 Å². The molecule has 1 fully saturated rings. The molecular weight excluding hydrogens is 416 g/mol. The molecule has 1 aromatic heterocycles. The Bertz CT molecular complexity index is 1260. The number of hydrogen-bond donors (Lipinski definition) is 2. The van der Waals surface area contributed by atoms with Crippen molar-refractivity contribution >= 4 is 22.9 Å². The molecular formula is C24H26N8O. The van der Waals surface area contributed by atoms with Crippen molar-refractivity contribution in [1.82, 2.24) is 14.3 Å². The number of rotatable bonds is 5. The molecule has 3 aromatic rings. The molecule has 4 rings (SSSR count). The van der Waals surface area contributed by atoms with Gasteiger partial charge in [-0.25, -0.2) is 4.68 Å². The Balaban J connectivity index is 1.49. The van der Waals surface area contributed by atoms with Crippen molar-refractivity contribution in [2.45, 2.75) is 6.92 Å². The maximum Gasteiger partial charge on any atom is 0.296 e. The monoisotopic (exact) mass is 442 g/mol. The minimum Gasteiger partial charge on any atom is -0.368 e. The molecule has 1 aliphatic heterocycles. The summed E-state index contributed by atoms with van der Waals surface area (Å²) >= 11 is 0. The van der Waals surface area contributed by atoms with Crippen molar-refractivity contribution in [3.8, 4) is 11.8 Å². The summed E-state index contributed by atoms with van der Waals surface area (Å²) in [6, 6.07) is 21.4. The van der Waals surface area contributed by atoms with Gasteiger partial charge in [0.15, 0.2) is 5.84 Å². The SMILES string of the molecule is Cc1c(N/N=C(/C#N)C(=N)N2CCN(c3ccccc3)CC2)c(=O)n(-c2ccccc2)n1C. The highest BCUT2D eigenvalue weighted by Gasteiger charge is 2.23. The number of piperazine rings is 1. The average Bonchev–Trinajstić information content (AvgIpc) is 3.08. The van der Waals surface area contributed by atoms with Gasteiger partial charge in [0.1, 0.15) is 11.8 Å². The lowest BCUT2D eigenvalue weighted by molar-refractivity contribution is 0.388. The number of hydrazone groups is 1. The summed E-state index contributed by atoms with van der Waals surface area (Å²) in [5.41, 5.74) is 5.25. The van der Waals surface area contributed by atoms with Crippen LogP contribution in [0.5, 0.6) is 0 Å². The van der Waals surface area contributed by atoms with E-state index in [1.165, 1.54) is 4.68 Å². The number of nitriles is 1. The van der Waals surface area contributed by atoms with Crippen LogP contribution < -0.4 is 15.9 Å². The third-order valence-electron chi connectivity index (χ3n) is 5.88. The molecule has 168 valence electrons. The van der Waals surface area contributed by atoms with Gasteiger partial charge in [0.2, 0.25) is 5.71 Å². The predicted molar refractivity (Wildman–Crippen MR) is 130 cm³/mol. The number of amidine groups is 1. The number of hydrogen-bond acceptors (Lipinski definition) is 6. The molecule has 1 saturated heterocycles. The Hall–Kier alpha value is -4.32. The summed E-state index contributed by atoms with van der Waals surface area (Å²) in [5, 5.41) is 22.2. The van der Waals surface area contributed by atoms with E-state index < -0.39 is 0 Å². The molecule has 0 amide bonds. The van der Waals surface area contributed by atoms with Crippen LogP contribution in [0.3, 0.4) is 0 Å². The van der Waals surface area contributed by atoms with E-state index in [1.807, 2.05) is 59.5 Å². The first-order valence-corrected chi connectivity index (χ1v) is 10.7. The molecule has 1 aliphatic rings. The average molecular weight is 443 g/mol. The van der Waals surface area contributed by atoms with Crippen LogP contribution in [0.1, 0.15) is 5.69 Å². The summed E-state index contributed by atoms with van der Waals surface area (Å²) in [7, 11) is 1.79. The summed E-state index contributed by atoms with van der Waals surface area (Å²) in [6.45, 7) is 4.52. The van der Waals surface area contributed by atoms with E-state index in [4.69, 9.17) is 5.41 Å². The van der Waals surface area contributed by atoms with Crippen molar-refractivity contribution in [2.75, 3.05) is 36.5 Å². The summed E-state index contributed by atoms with van der Waals surface area (Å²) in [6.07, 6.45) is 0. The standard InChI is InChI=1S/C24H26N8O/c1-18-22(24(33)32(29(18)2)20-11-7-4-8-12-20)28-27-21(17-25)23(26)31-15-13-30(14-16-31)19-9-5-3-6-10-19/h3-12,26,28H,13-16H2,1-2H3/b26-23?,27-21-. The topological polar surface area (TPSA) is 105 Å². The van der Waals surface area contributed by atoms with Gasteiger partial charge in [-0.1, -0.05) is 36.4 Å². The van der Waals surface area contributed by atoms with Gasteiger partial charge in [0.25, 0.3) is 5.56 Å². The van der Waals surface area contributed by atoms with Crippen LogP contribution in [-0.2, 0) is 7.05 Å². The van der Waals surface area contributed by atoms with Crippen LogP contribution >= 0.6 is 0 Å². The van der Waals surface area contributed by atoms with Gasteiger partial charge < -0.3 is 9.80 Å². The van der Waals surface area contributed by atoms with Crippen molar-refractivity contribution in [3.63, 3.8) is 0 Å². The van der Waals surface area contributed by atoms with Crippen molar-refractivity contribution in [2.24, 2.45) is 12.1 Å². The highest BCUT2D eigenvalue weighted by Crippen LogP contribution is 2.16. The zero-order valence-electron chi connectivity index (χ0n) is 18.7. The largest absolute Gasteiger partial charge is 0.368 e. The smallest absolute Gasteiger partial charge is 0.296 e. The molecule has 0 bridgehead atoms. The van der Waals surface area contributed by atoms with Gasteiger partial charge in [0, 0.05) is 38.9 Å². The Morgan fingerprint density at radius 2 is 1.58 bits per heavy atom. The molecule has 2 aromatic carbocycles. The third-order valence-corrected chi connectivity index (χ3v) is 5.88.